The number of amides is 3. The maximum atomic E-state index is 11.8. The topological polar surface area (TPSA) is 81.7 Å². The van der Waals surface area contributed by atoms with Crippen LogP contribution in [-0.4, -0.2) is 36.7 Å². The lowest BCUT2D eigenvalue weighted by Crippen LogP contribution is -2.31. The van der Waals surface area contributed by atoms with E-state index in [0.717, 1.165) is 12.1 Å². The lowest BCUT2D eigenvalue weighted by Gasteiger charge is -2.20. The molecule has 0 unspecified atom stereocenters. The van der Waals surface area contributed by atoms with E-state index in [1.54, 1.807) is 11.0 Å². The number of aliphatic hydroxyl groups excluding tert-OH is 1. The Labute approximate surface area is 117 Å². The maximum Gasteiger partial charge on any atom is 0.319 e. The van der Waals surface area contributed by atoms with Crippen LogP contribution in [0.1, 0.15) is 19.3 Å². The van der Waals surface area contributed by atoms with Crippen LogP contribution in [0.25, 0.3) is 0 Å². The minimum Gasteiger partial charge on any atom is -0.396 e. The fraction of sp³-hybridized carbons (Fsp3) is 0.429. The van der Waals surface area contributed by atoms with E-state index in [1.165, 1.54) is 0 Å². The second-order valence-corrected chi connectivity index (χ2v) is 4.62. The van der Waals surface area contributed by atoms with E-state index in [2.05, 4.69) is 10.6 Å². The van der Waals surface area contributed by atoms with Crippen molar-refractivity contribution in [3.63, 3.8) is 0 Å². The molecule has 20 heavy (non-hydrogen) atoms. The van der Waals surface area contributed by atoms with Gasteiger partial charge in [-0.3, -0.25) is 4.79 Å². The highest BCUT2D eigenvalue weighted by Gasteiger charge is 2.23. The van der Waals surface area contributed by atoms with Crippen LogP contribution in [0.15, 0.2) is 24.3 Å². The smallest absolute Gasteiger partial charge is 0.319 e. The van der Waals surface area contributed by atoms with Crippen LogP contribution in [0.3, 0.4) is 0 Å². The molecule has 1 aliphatic rings. The number of hydrogen-bond acceptors (Lipinski definition) is 3. The van der Waals surface area contributed by atoms with Gasteiger partial charge < -0.3 is 20.6 Å². The van der Waals surface area contributed by atoms with Gasteiger partial charge in [0.15, 0.2) is 0 Å². The molecule has 3 N–H and O–H groups in total. The third kappa shape index (κ3) is 3.48. The summed E-state index contributed by atoms with van der Waals surface area (Å²) < 4.78 is 0. The van der Waals surface area contributed by atoms with Crippen molar-refractivity contribution in [1.82, 2.24) is 5.32 Å². The monoisotopic (exact) mass is 277 g/mol. The molecule has 2 rings (SSSR count). The quantitative estimate of drug-likeness (QED) is 0.710. The van der Waals surface area contributed by atoms with Crippen LogP contribution in [0.5, 0.6) is 0 Å². The molecule has 0 saturated carbocycles. The molecule has 6 heteroatoms. The zero-order valence-electron chi connectivity index (χ0n) is 11.3. The van der Waals surface area contributed by atoms with Crippen molar-refractivity contribution < 1.29 is 14.7 Å². The number of nitrogens with zero attached hydrogens (tertiary/aromatic N) is 1. The molecule has 1 aromatic rings. The predicted molar refractivity (Wildman–Crippen MR) is 76.8 cm³/mol. The summed E-state index contributed by atoms with van der Waals surface area (Å²) in [5.41, 5.74) is 1.34. The Kier molecular flexibility index (Phi) is 4.95. The summed E-state index contributed by atoms with van der Waals surface area (Å²) >= 11 is 0. The Hall–Kier alpha value is -2.08. The minimum absolute atomic E-state index is 0.0408. The van der Waals surface area contributed by atoms with Gasteiger partial charge in [-0.05, 0) is 25.0 Å². The van der Waals surface area contributed by atoms with E-state index in [-0.39, 0.29) is 18.5 Å². The lowest BCUT2D eigenvalue weighted by atomic mass is 10.2. The molecule has 0 bridgehead atoms. The van der Waals surface area contributed by atoms with Gasteiger partial charge in [-0.1, -0.05) is 12.1 Å². The first kappa shape index (κ1) is 14.3. The van der Waals surface area contributed by atoms with Crippen LogP contribution >= 0.6 is 0 Å². The molecule has 0 atom stereocenters. The molecule has 1 fully saturated rings. The number of anilines is 2. The average molecular weight is 277 g/mol. The molecule has 0 spiro atoms. The highest BCUT2D eigenvalue weighted by atomic mass is 16.3. The first-order chi connectivity index (χ1) is 9.72. The first-order valence-corrected chi connectivity index (χ1v) is 6.77. The number of rotatable bonds is 5. The highest BCUT2D eigenvalue weighted by Crippen LogP contribution is 2.29. The summed E-state index contributed by atoms with van der Waals surface area (Å²) in [6.45, 7) is 1.13. The van der Waals surface area contributed by atoms with Crippen LogP contribution < -0.4 is 15.5 Å². The molecule has 0 radical (unpaired) electrons. The second kappa shape index (κ2) is 6.91. The van der Waals surface area contributed by atoms with Crippen LogP contribution in [-0.2, 0) is 4.79 Å². The summed E-state index contributed by atoms with van der Waals surface area (Å²) in [5, 5.41) is 14.1. The van der Waals surface area contributed by atoms with Gasteiger partial charge in [0.1, 0.15) is 0 Å². The van der Waals surface area contributed by atoms with Gasteiger partial charge >= 0.3 is 6.03 Å². The van der Waals surface area contributed by atoms with Crippen LogP contribution in [0.2, 0.25) is 0 Å². The number of carbonyl (C=O) groups excluding carboxylic acids is 2. The standard InChI is InChI=1S/C14H19N3O3/c18-10-4-8-15-14(20)16-11-5-1-2-6-12(11)17-9-3-7-13(17)19/h1-2,5-6,18H,3-4,7-10H2,(H2,15,16,20). The molecule has 6 nitrogen and oxygen atoms in total. The summed E-state index contributed by atoms with van der Waals surface area (Å²) in [6.07, 6.45) is 1.91. The van der Waals surface area contributed by atoms with Crippen molar-refractivity contribution in [1.29, 1.82) is 0 Å². The SMILES string of the molecule is O=C(NCCCO)Nc1ccccc1N1CCCC1=O. The van der Waals surface area contributed by atoms with E-state index in [9.17, 15) is 9.59 Å². The summed E-state index contributed by atoms with van der Waals surface area (Å²) in [6, 6.07) is 6.92. The van der Waals surface area contributed by atoms with E-state index in [1.807, 2.05) is 18.2 Å². The Morgan fingerprint density at radius 1 is 1.35 bits per heavy atom. The molecule has 1 aliphatic heterocycles. The van der Waals surface area contributed by atoms with Gasteiger partial charge in [0.05, 0.1) is 11.4 Å². The van der Waals surface area contributed by atoms with Gasteiger partial charge in [-0.25, -0.2) is 4.79 Å². The lowest BCUT2D eigenvalue weighted by molar-refractivity contribution is -0.117. The number of urea groups is 1. The van der Waals surface area contributed by atoms with Crippen molar-refractivity contribution in [2.75, 3.05) is 29.9 Å². The number of para-hydroxylation sites is 2. The van der Waals surface area contributed by atoms with E-state index in [0.29, 0.717) is 31.6 Å². The van der Waals surface area contributed by atoms with Crippen molar-refractivity contribution in [3.05, 3.63) is 24.3 Å². The molecule has 1 aromatic carbocycles. The van der Waals surface area contributed by atoms with Gasteiger partial charge in [-0.15, -0.1) is 0 Å². The van der Waals surface area contributed by atoms with Gasteiger partial charge in [0, 0.05) is 26.1 Å². The fourth-order valence-electron chi connectivity index (χ4n) is 2.17. The summed E-state index contributed by atoms with van der Waals surface area (Å²) in [4.78, 5) is 25.2. The molecule has 1 saturated heterocycles. The largest absolute Gasteiger partial charge is 0.396 e. The van der Waals surface area contributed by atoms with Crippen molar-refractivity contribution in [2.24, 2.45) is 0 Å². The van der Waals surface area contributed by atoms with Gasteiger partial charge in [-0.2, -0.15) is 0 Å². The first-order valence-electron chi connectivity index (χ1n) is 6.77. The van der Waals surface area contributed by atoms with Gasteiger partial charge in [0.2, 0.25) is 5.91 Å². The number of aliphatic hydroxyl groups is 1. The third-order valence-corrected chi connectivity index (χ3v) is 3.14. The van der Waals surface area contributed by atoms with Crippen molar-refractivity contribution in [2.45, 2.75) is 19.3 Å². The fourth-order valence-corrected chi connectivity index (χ4v) is 2.17. The molecule has 0 aliphatic carbocycles. The third-order valence-electron chi connectivity index (χ3n) is 3.14. The van der Waals surface area contributed by atoms with Crippen molar-refractivity contribution >= 4 is 23.3 Å². The number of nitrogens with one attached hydrogen (secondary N) is 2. The van der Waals surface area contributed by atoms with E-state index in [4.69, 9.17) is 5.11 Å². The summed E-state index contributed by atoms with van der Waals surface area (Å²) in [7, 11) is 0. The maximum absolute atomic E-state index is 11.8. The Morgan fingerprint density at radius 2 is 2.15 bits per heavy atom. The Morgan fingerprint density at radius 3 is 2.85 bits per heavy atom. The Bertz CT molecular complexity index is 490. The van der Waals surface area contributed by atoms with E-state index >= 15 is 0 Å². The zero-order valence-corrected chi connectivity index (χ0v) is 11.3. The van der Waals surface area contributed by atoms with Crippen LogP contribution in [0.4, 0.5) is 16.2 Å². The molecule has 1 heterocycles. The van der Waals surface area contributed by atoms with Crippen LogP contribution in [0, 0.1) is 0 Å². The van der Waals surface area contributed by atoms with Gasteiger partial charge in [0.25, 0.3) is 0 Å². The molecular formula is C14H19N3O3. The molecule has 3 amide bonds. The number of hydrogen-bond donors (Lipinski definition) is 3. The second-order valence-electron chi connectivity index (χ2n) is 4.62. The highest BCUT2D eigenvalue weighted by molar-refractivity contribution is 6.01. The van der Waals surface area contributed by atoms with E-state index < -0.39 is 0 Å². The number of carbonyl (C=O) groups is 2. The summed E-state index contributed by atoms with van der Waals surface area (Å²) in [5.74, 6) is 0.0833. The molecule has 0 aromatic heterocycles. The number of benzene rings is 1. The molecular weight excluding hydrogens is 258 g/mol. The molecule has 108 valence electrons. The zero-order chi connectivity index (χ0) is 14.4. The average Bonchev–Trinajstić information content (AvgIpc) is 2.86. The minimum atomic E-state index is -0.336. The van der Waals surface area contributed by atoms with Crippen molar-refractivity contribution in [3.8, 4) is 0 Å². The predicted octanol–water partition coefficient (Wildman–Crippen LogP) is 1.32. The Balaban J connectivity index is 2.04. The normalized spacial score (nSPS) is 14.4.